The van der Waals surface area contributed by atoms with Crippen LogP contribution in [0.3, 0.4) is 0 Å². The van der Waals surface area contributed by atoms with E-state index in [4.69, 9.17) is 26.2 Å². The molecule has 180 valence electrons. The van der Waals surface area contributed by atoms with Gasteiger partial charge in [0, 0.05) is 46.0 Å². The number of hydrogen-bond acceptors (Lipinski definition) is 7. The lowest BCUT2D eigenvalue weighted by Gasteiger charge is -2.15. The normalized spacial score (nSPS) is 12.9. The quantitative estimate of drug-likeness (QED) is 0.325. The van der Waals surface area contributed by atoms with Gasteiger partial charge in [0.25, 0.3) is 0 Å². The molecule has 0 spiro atoms. The third kappa shape index (κ3) is 5.72. The fraction of sp³-hybridized carbons (Fsp3) is 0.476. The van der Waals surface area contributed by atoms with Crippen LogP contribution >= 0.6 is 11.6 Å². The van der Waals surface area contributed by atoms with Crippen LogP contribution in [-0.2, 0) is 11.5 Å². The topological polar surface area (TPSA) is 112 Å². The highest BCUT2D eigenvalue weighted by atomic mass is 35.5. The van der Waals surface area contributed by atoms with E-state index in [1.807, 2.05) is 0 Å². The zero-order valence-electron chi connectivity index (χ0n) is 19.0. The van der Waals surface area contributed by atoms with Crippen LogP contribution in [-0.4, -0.2) is 56.7 Å². The molecule has 0 aromatic carbocycles. The number of hydrogen-bond donors (Lipinski definition) is 2. The van der Waals surface area contributed by atoms with Crippen LogP contribution in [0.2, 0.25) is 30.7 Å². The Morgan fingerprint density at radius 1 is 1.33 bits per heavy atom. The average Bonchev–Trinajstić information content (AvgIpc) is 2.99. The SMILES string of the molecule is C[C@H](CCO)Oc1nc(-n2c(=O)n(COCC[Si](C)(C)C)c3nccc(O)c32)c(F)cc1Cl. The first-order chi connectivity index (χ1) is 15.5. The molecule has 0 radical (unpaired) electrons. The van der Waals surface area contributed by atoms with Gasteiger partial charge < -0.3 is 19.7 Å². The van der Waals surface area contributed by atoms with E-state index in [-0.39, 0.29) is 41.2 Å². The van der Waals surface area contributed by atoms with Crippen LogP contribution in [0, 0.1) is 5.82 Å². The highest BCUT2D eigenvalue weighted by molar-refractivity contribution is 6.76. The Bertz CT molecular complexity index is 1190. The molecule has 9 nitrogen and oxygen atoms in total. The summed E-state index contributed by atoms with van der Waals surface area (Å²) >= 11 is 6.09. The maximum Gasteiger partial charge on any atom is 0.338 e. The van der Waals surface area contributed by atoms with Crippen molar-refractivity contribution in [2.24, 2.45) is 0 Å². The molecule has 3 aromatic rings. The Morgan fingerprint density at radius 2 is 2.06 bits per heavy atom. The fourth-order valence-electron chi connectivity index (χ4n) is 3.11. The molecule has 0 bridgehead atoms. The first-order valence-corrected chi connectivity index (χ1v) is 14.6. The molecule has 1 atom stereocenters. The maximum absolute atomic E-state index is 14.9. The van der Waals surface area contributed by atoms with Crippen molar-refractivity contribution >= 4 is 30.8 Å². The van der Waals surface area contributed by atoms with Crippen molar-refractivity contribution in [3.63, 3.8) is 0 Å². The third-order valence-corrected chi connectivity index (χ3v) is 6.92. The first kappa shape index (κ1) is 25.2. The van der Waals surface area contributed by atoms with E-state index in [0.717, 1.165) is 16.7 Å². The molecular formula is C21H28ClFN4O5Si. The number of nitrogens with zero attached hydrogens (tertiary/aromatic N) is 4. The molecule has 0 aliphatic rings. The second-order valence-corrected chi connectivity index (χ2v) is 14.9. The summed E-state index contributed by atoms with van der Waals surface area (Å²) in [6.07, 6.45) is 1.20. The number of imidazole rings is 1. The van der Waals surface area contributed by atoms with Crippen LogP contribution in [0.5, 0.6) is 11.6 Å². The van der Waals surface area contributed by atoms with Crippen LogP contribution in [0.4, 0.5) is 4.39 Å². The van der Waals surface area contributed by atoms with Gasteiger partial charge in [-0.05, 0) is 13.0 Å². The number of aliphatic hydroxyl groups is 1. The first-order valence-electron chi connectivity index (χ1n) is 10.5. The van der Waals surface area contributed by atoms with Gasteiger partial charge in [-0.15, -0.1) is 0 Å². The van der Waals surface area contributed by atoms with E-state index < -0.39 is 31.5 Å². The summed E-state index contributed by atoms with van der Waals surface area (Å²) in [5, 5.41) is 19.5. The lowest BCUT2D eigenvalue weighted by atomic mass is 10.3. The van der Waals surface area contributed by atoms with Gasteiger partial charge >= 0.3 is 5.69 Å². The Kier molecular flexibility index (Phi) is 7.78. The van der Waals surface area contributed by atoms with Crippen molar-refractivity contribution in [2.75, 3.05) is 13.2 Å². The number of pyridine rings is 2. The van der Waals surface area contributed by atoms with E-state index in [1.165, 1.54) is 16.8 Å². The molecule has 0 aliphatic carbocycles. The number of aromatic hydroxyl groups is 1. The summed E-state index contributed by atoms with van der Waals surface area (Å²) < 4.78 is 28.4. The number of rotatable bonds is 10. The molecular weight excluding hydrogens is 471 g/mol. The smallest absolute Gasteiger partial charge is 0.338 e. The highest BCUT2D eigenvalue weighted by Gasteiger charge is 2.24. The Labute approximate surface area is 196 Å². The summed E-state index contributed by atoms with van der Waals surface area (Å²) in [6.45, 7) is 8.56. The molecule has 0 aliphatic heterocycles. The molecule has 2 N–H and O–H groups in total. The molecule has 0 unspecified atom stereocenters. The minimum absolute atomic E-state index is 0.0145. The number of ether oxygens (including phenoxy) is 2. The van der Waals surface area contributed by atoms with Gasteiger partial charge in [-0.25, -0.2) is 18.7 Å². The summed E-state index contributed by atoms with van der Waals surface area (Å²) in [4.78, 5) is 21.6. The highest BCUT2D eigenvalue weighted by Crippen LogP contribution is 2.30. The predicted octanol–water partition coefficient (Wildman–Crippen LogP) is 3.54. The van der Waals surface area contributed by atoms with E-state index in [0.29, 0.717) is 13.0 Å². The number of halogens is 2. The number of aliphatic hydroxyl groups excluding tert-OH is 1. The van der Waals surface area contributed by atoms with Crippen LogP contribution in [0.15, 0.2) is 23.1 Å². The standard InChI is InChI=1S/C21H28ClFN4O5Si/c1-13(6-8-28)32-20-14(22)11-15(23)18(25-20)27-17-16(29)5-7-24-19(17)26(21(27)30)12-31-9-10-33(2,3)4/h5,7,11,13,28H,6,8-10,12H2,1-4H3,(H,24,29)/t13-/m1/s1. The van der Waals surface area contributed by atoms with Crippen molar-refractivity contribution in [3.05, 3.63) is 39.7 Å². The lowest BCUT2D eigenvalue weighted by Crippen LogP contribution is -2.27. The predicted molar refractivity (Wildman–Crippen MR) is 126 cm³/mol. The molecule has 12 heteroatoms. The second-order valence-electron chi connectivity index (χ2n) is 8.92. The number of fused-ring (bicyclic) bond motifs is 1. The van der Waals surface area contributed by atoms with E-state index >= 15 is 0 Å². The Morgan fingerprint density at radius 3 is 2.73 bits per heavy atom. The maximum atomic E-state index is 14.9. The van der Waals surface area contributed by atoms with Crippen molar-refractivity contribution in [1.29, 1.82) is 0 Å². The van der Waals surface area contributed by atoms with Crippen LogP contribution in [0.25, 0.3) is 17.0 Å². The molecule has 3 rings (SSSR count). The van der Waals surface area contributed by atoms with Crippen molar-refractivity contribution in [3.8, 4) is 17.4 Å². The zero-order chi connectivity index (χ0) is 24.3. The van der Waals surface area contributed by atoms with Crippen molar-refractivity contribution in [1.82, 2.24) is 19.1 Å². The molecule has 3 aromatic heterocycles. The molecule has 0 saturated carbocycles. The molecule has 3 heterocycles. The fourth-order valence-corrected chi connectivity index (χ4v) is 4.05. The van der Waals surface area contributed by atoms with Gasteiger partial charge in [0.15, 0.2) is 17.3 Å². The monoisotopic (exact) mass is 498 g/mol. The van der Waals surface area contributed by atoms with Gasteiger partial charge in [0.05, 0.1) is 6.10 Å². The molecule has 0 saturated heterocycles. The van der Waals surface area contributed by atoms with Gasteiger partial charge in [0.2, 0.25) is 5.88 Å². The molecule has 0 amide bonds. The zero-order valence-corrected chi connectivity index (χ0v) is 20.8. The van der Waals surface area contributed by atoms with E-state index in [9.17, 15) is 14.3 Å². The minimum atomic E-state index is -1.33. The van der Waals surface area contributed by atoms with Crippen molar-refractivity contribution in [2.45, 2.75) is 51.9 Å². The number of aromatic nitrogens is 4. The van der Waals surface area contributed by atoms with Crippen molar-refractivity contribution < 1.29 is 24.1 Å². The van der Waals surface area contributed by atoms with E-state index in [1.54, 1.807) is 6.92 Å². The van der Waals surface area contributed by atoms with Gasteiger partial charge in [0.1, 0.15) is 23.0 Å². The Hall–Kier alpha value is -2.47. The van der Waals surface area contributed by atoms with Gasteiger partial charge in [-0.2, -0.15) is 4.98 Å². The average molecular weight is 499 g/mol. The summed E-state index contributed by atoms with van der Waals surface area (Å²) in [5.41, 5.74) is -0.574. The minimum Gasteiger partial charge on any atom is -0.506 e. The second kappa shape index (κ2) is 10.2. The lowest BCUT2D eigenvalue weighted by molar-refractivity contribution is 0.0871. The van der Waals surface area contributed by atoms with Gasteiger partial charge in [-0.1, -0.05) is 31.2 Å². The molecule has 33 heavy (non-hydrogen) atoms. The summed E-state index contributed by atoms with van der Waals surface area (Å²) in [7, 11) is -1.33. The van der Waals surface area contributed by atoms with Crippen LogP contribution in [0.1, 0.15) is 13.3 Å². The third-order valence-electron chi connectivity index (χ3n) is 4.94. The van der Waals surface area contributed by atoms with Gasteiger partial charge in [-0.3, -0.25) is 4.57 Å². The molecule has 0 fully saturated rings. The Balaban J connectivity index is 2.08. The summed E-state index contributed by atoms with van der Waals surface area (Å²) in [5.74, 6) is -1.65. The largest absolute Gasteiger partial charge is 0.506 e. The van der Waals surface area contributed by atoms with E-state index in [2.05, 4.69) is 29.6 Å². The van der Waals surface area contributed by atoms with Crippen LogP contribution < -0.4 is 10.4 Å². The summed E-state index contributed by atoms with van der Waals surface area (Å²) in [6, 6.07) is 3.18.